The number of anilines is 1. The van der Waals surface area contributed by atoms with E-state index in [0.717, 1.165) is 32.6 Å². The van der Waals surface area contributed by atoms with Crippen molar-refractivity contribution in [3.05, 3.63) is 29.8 Å². The number of rotatable bonds is 3. The molecule has 0 unspecified atom stereocenters. The third-order valence-electron chi connectivity index (χ3n) is 5.55. The van der Waals surface area contributed by atoms with Gasteiger partial charge in [-0.3, -0.25) is 4.90 Å². The highest BCUT2D eigenvalue weighted by atomic mass is 16.6. The molecule has 1 amide bonds. The van der Waals surface area contributed by atoms with Gasteiger partial charge < -0.3 is 14.5 Å². The summed E-state index contributed by atoms with van der Waals surface area (Å²) in [7, 11) is 4.12. The number of amides is 1. The second kappa shape index (κ2) is 7.10. The van der Waals surface area contributed by atoms with Crippen molar-refractivity contribution in [1.29, 1.82) is 0 Å². The number of ether oxygens (including phenoxy) is 1. The third kappa shape index (κ3) is 4.14. The summed E-state index contributed by atoms with van der Waals surface area (Å²) < 4.78 is 5.59. The average Bonchev–Trinajstić information content (AvgIpc) is 2.58. The third-order valence-corrected chi connectivity index (χ3v) is 5.55. The first-order valence-corrected chi connectivity index (χ1v) is 9.68. The van der Waals surface area contributed by atoms with Crippen molar-refractivity contribution < 1.29 is 9.53 Å². The van der Waals surface area contributed by atoms with E-state index < -0.39 is 5.60 Å². The first-order chi connectivity index (χ1) is 12.2. The van der Waals surface area contributed by atoms with Gasteiger partial charge >= 0.3 is 6.09 Å². The van der Waals surface area contributed by atoms with Crippen molar-refractivity contribution in [1.82, 2.24) is 9.80 Å². The fraction of sp³-hybridized carbons (Fsp3) is 0.667. The van der Waals surface area contributed by atoms with Gasteiger partial charge in [-0.2, -0.15) is 0 Å². The normalized spacial score (nSPS) is 23.7. The van der Waals surface area contributed by atoms with Crippen LogP contribution >= 0.6 is 0 Å². The Morgan fingerprint density at radius 2 is 1.85 bits per heavy atom. The second-order valence-corrected chi connectivity index (χ2v) is 8.96. The van der Waals surface area contributed by atoms with E-state index in [4.69, 9.17) is 4.74 Å². The SMILES string of the molecule is CN(C)c1ccc(CN2CC[C@@]23CCCN(C(=O)OC(C)(C)C)C3)cc1. The van der Waals surface area contributed by atoms with Gasteiger partial charge in [-0.25, -0.2) is 4.79 Å². The molecule has 0 bridgehead atoms. The summed E-state index contributed by atoms with van der Waals surface area (Å²) in [6.07, 6.45) is 3.22. The molecule has 5 heteroatoms. The maximum Gasteiger partial charge on any atom is 0.410 e. The summed E-state index contributed by atoms with van der Waals surface area (Å²) in [5.41, 5.74) is 2.26. The van der Waals surface area contributed by atoms with Gasteiger partial charge in [0.15, 0.2) is 0 Å². The zero-order valence-corrected chi connectivity index (χ0v) is 16.9. The molecular formula is C21H33N3O2. The van der Waals surface area contributed by atoms with E-state index in [-0.39, 0.29) is 11.6 Å². The van der Waals surface area contributed by atoms with Crippen molar-refractivity contribution in [2.45, 2.75) is 57.7 Å². The Labute approximate surface area is 157 Å². The number of hydrogen-bond donors (Lipinski definition) is 0. The minimum absolute atomic E-state index is 0.134. The van der Waals surface area contributed by atoms with Gasteiger partial charge in [0.1, 0.15) is 5.60 Å². The maximum atomic E-state index is 12.5. The summed E-state index contributed by atoms with van der Waals surface area (Å²) in [6.45, 7) is 9.44. The fourth-order valence-corrected chi connectivity index (χ4v) is 4.01. The van der Waals surface area contributed by atoms with Crippen LogP contribution in [0.3, 0.4) is 0 Å². The van der Waals surface area contributed by atoms with E-state index >= 15 is 0 Å². The first kappa shape index (κ1) is 19.0. The number of hydrogen-bond acceptors (Lipinski definition) is 4. The molecule has 3 rings (SSSR count). The minimum atomic E-state index is -0.435. The van der Waals surface area contributed by atoms with E-state index in [1.165, 1.54) is 24.1 Å². The van der Waals surface area contributed by atoms with Crippen molar-refractivity contribution in [3.8, 4) is 0 Å². The first-order valence-electron chi connectivity index (χ1n) is 9.68. The van der Waals surface area contributed by atoms with Crippen LogP contribution in [0, 0.1) is 0 Å². The van der Waals surface area contributed by atoms with Crippen LogP contribution in [0.25, 0.3) is 0 Å². The van der Waals surface area contributed by atoms with E-state index in [1.807, 2.05) is 25.7 Å². The summed E-state index contributed by atoms with van der Waals surface area (Å²) in [6, 6.07) is 8.79. The molecule has 2 saturated heterocycles. The van der Waals surface area contributed by atoms with Crippen LogP contribution in [-0.4, -0.2) is 60.8 Å². The molecular weight excluding hydrogens is 326 g/mol. The Bertz CT molecular complexity index is 636. The van der Waals surface area contributed by atoms with E-state index in [0.29, 0.717) is 0 Å². The summed E-state index contributed by atoms with van der Waals surface area (Å²) >= 11 is 0. The van der Waals surface area contributed by atoms with E-state index in [9.17, 15) is 4.79 Å². The number of likely N-dealkylation sites (tertiary alicyclic amines) is 2. The number of carbonyl (C=O) groups is 1. The molecule has 0 N–H and O–H groups in total. The predicted octanol–water partition coefficient (Wildman–Crippen LogP) is 3.73. The topological polar surface area (TPSA) is 36.0 Å². The molecule has 1 spiro atoms. The smallest absolute Gasteiger partial charge is 0.410 e. The molecule has 0 aromatic heterocycles. The van der Waals surface area contributed by atoms with Crippen molar-refractivity contribution >= 4 is 11.8 Å². The zero-order chi connectivity index (χ0) is 18.9. The van der Waals surface area contributed by atoms with Gasteiger partial charge in [-0.05, 0) is 57.7 Å². The molecule has 2 fully saturated rings. The van der Waals surface area contributed by atoms with Crippen molar-refractivity contribution in [3.63, 3.8) is 0 Å². The summed E-state index contributed by atoms with van der Waals surface area (Å²) in [5.74, 6) is 0. The van der Waals surface area contributed by atoms with Gasteiger partial charge in [0.25, 0.3) is 0 Å². The van der Waals surface area contributed by atoms with Gasteiger partial charge in [-0.15, -0.1) is 0 Å². The Morgan fingerprint density at radius 3 is 2.38 bits per heavy atom. The lowest BCUT2D eigenvalue weighted by Crippen LogP contribution is -2.67. The molecule has 2 aliphatic rings. The van der Waals surface area contributed by atoms with Crippen LogP contribution in [0.4, 0.5) is 10.5 Å². The zero-order valence-electron chi connectivity index (χ0n) is 16.9. The molecule has 1 aromatic rings. The molecule has 1 atom stereocenters. The molecule has 0 aliphatic carbocycles. The molecule has 144 valence electrons. The van der Waals surface area contributed by atoms with Gasteiger partial charge in [-0.1, -0.05) is 12.1 Å². The number of piperidine rings is 1. The van der Waals surface area contributed by atoms with Crippen molar-refractivity contribution in [2.75, 3.05) is 38.6 Å². The van der Waals surface area contributed by atoms with Gasteiger partial charge in [0.2, 0.25) is 0 Å². The molecule has 2 aliphatic heterocycles. The van der Waals surface area contributed by atoms with Gasteiger partial charge in [0, 0.05) is 51.5 Å². The standard InChI is InChI=1S/C21H33N3O2/c1-20(2,3)26-19(25)23-13-6-11-21(16-23)12-14-24(21)15-17-7-9-18(10-8-17)22(4)5/h7-10H,6,11-16H2,1-5H3/t21-/m1/s1. The van der Waals surface area contributed by atoms with Crippen LogP contribution in [-0.2, 0) is 11.3 Å². The lowest BCUT2D eigenvalue weighted by Gasteiger charge is -2.57. The van der Waals surface area contributed by atoms with Crippen LogP contribution in [0.2, 0.25) is 0 Å². The second-order valence-electron chi connectivity index (χ2n) is 8.96. The van der Waals surface area contributed by atoms with E-state index in [1.54, 1.807) is 0 Å². The predicted molar refractivity (Wildman–Crippen MR) is 106 cm³/mol. The molecule has 2 heterocycles. The average molecular weight is 360 g/mol. The molecule has 5 nitrogen and oxygen atoms in total. The highest BCUT2D eigenvalue weighted by Gasteiger charge is 2.48. The summed E-state index contributed by atoms with van der Waals surface area (Å²) in [5, 5.41) is 0. The Kier molecular flexibility index (Phi) is 5.20. The van der Waals surface area contributed by atoms with Crippen LogP contribution in [0.1, 0.15) is 45.6 Å². The summed E-state index contributed by atoms with van der Waals surface area (Å²) in [4.78, 5) is 19.1. The molecule has 0 radical (unpaired) electrons. The molecule has 26 heavy (non-hydrogen) atoms. The lowest BCUT2D eigenvalue weighted by molar-refractivity contribution is -0.0744. The minimum Gasteiger partial charge on any atom is -0.444 e. The Morgan fingerprint density at radius 1 is 1.15 bits per heavy atom. The number of nitrogens with zero attached hydrogens (tertiary/aromatic N) is 3. The largest absolute Gasteiger partial charge is 0.444 e. The Hall–Kier alpha value is -1.75. The highest BCUT2D eigenvalue weighted by molar-refractivity contribution is 5.68. The monoisotopic (exact) mass is 359 g/mol. The maximum absolute atomic E-state index is 12.5. The molecule has 0 saturated carbocycles. The van der Waals surface area contributed by atoms with Crippen molar-refractivity contribution in [2.24, 2.45) is 0 Å². The van der Waals surface area contributed by atoms with Crippen LogP contribution in [0.15, 0.2) is 24.3 Å². The highest BCUT2D eigenvalue weighted by Crippen LogP contribution is 2.40. The van der Waals surface area contributed by atoms with Crippen LogP contribution in [0.5, 0.6) is 0 Å². The lowest BCUT2D eigenvalue weighted by atomic mass is 9.77. The Balaban J connectivity index is 1.63. The fourth-order valence-electron chi connectivity index (χ4n) is 4.01. The number of carbonyl (C=O) groups excluding carboxylic acids is 1. The van der Waals surface area contributed by atoms with Gasteiger partial charge in [0.05, 0.1) is 0 Å². The molecule has 1 aromatic carbocycles. The number of benzene rings is 1. The van der Waals surface area contributed by atoms with Crippen LogP contribution < -0.4 is 4.90 Å². The van der Waals surface area contributed by atoms with E-state index in [2.05, 4.69) is 48.2 Å². The quantitative estimate of drug-likeness (QED) is 0.824.